The molecule has 0 radical (unpaired) electrons. The number of piperazine rings is 1. The Labute approximate surface area is 216 Å². The standard InChI is InChI=1S/C25H22N10OS/c1-33-18-2-3-19(33)13-34(12-18)25-32-31-24(37-25)20-11-27-22(7-21(20)30-16-10-29-36-14-16)23-5-4-17-6-15(8-26)9-28-35(17)23/h4-7,9-11,14,18-19H,2-3,12-13H2,1H3,(H,27,30). The van der Waals surface area contributed by atoms with Crippen molar-refractivity contribution in [3.8, 4) is 28.0 Å². The fraction of sp³-hybridized carbons (Fsp3) is 0.280. The van der Waals surface area contributed by atoms with Gasteiger partial charge >= 0.3 is 0 Å². The van der Waals surface area contributed by atoms with Crippen LogP contribution in [-0.4, -0.2) is 67.1 Å². The van der Waals surface area contributed by atoms with Gasteiger partial charge in [0, 0.05) is 31.4 Å². The molecule has 1 N–H and O–H groups in total. The molecule has 0 saturated carbocycles. The van der Waals surface area contributed by atoms with Gasteiger partial charge in [-0.05, 0) is 44.2 Å². The van der Waals surface area contributed by atoms with Crippen molar-refractivity contribution < 1.29 is 4.52 Å². The van der Waals surface area contributed by atoms with E-state index in [1.54, 1.807) is 40.6 Å². The number of pyridine rings is 1. The van der Waals surface area contributed by atoms with Crippen molar-refractivity contribution >= 4 is 33.4 Å². The first-order valence-corrected chi connectivity index (χ1v) is 12.8. The van der Waals surface area contributed by atoms with Gasteiger partial charge in [0.15, 0.2) is 5.01 Å². The van der Waals surface area contributed by atoms with Crippen molar-refractivity contribution in [3.63, 3.8) is 0 Å². The Hall–Kier alpha value is -4.34. The van der Waals surface area contributed by atoms with E-state index in [0.717, 1.165) is 57.1 Å². The molecule has 7 heterocycles. The summed E-state index contributed by atoms with van der Waals surface area (Å²) in [6.07, 6.45) is 9.01. The van der Waals surface area contributed by atoms with Crippen molar-refractivity contribution in [3.05, 3.63) is 54.7 Å². The maximum absolute atomic E-state index is 9.20. The number of likely N-dealkylation sites (N-methyl/N-ethyl adjacent to an activating group) is 1. The van der Waals surface area contributed by atoms with Crippen molar-refractivity contribution in [1.82, 2.24) is 34.9 Å². The topological polar surface area (TPSA) is 124 Å². The van der Waals surface area contributed by atoms with Gasteiger partial charge in [-0.2, -0.15) is 10.4 Å². The molecule has 0 spiro atoms. The van der Waals surface area contributed by atoms with E-state index >= 15 is 0 Å². The molecule has 2 fully saturated rings. The van der Waals surface area contributed by atoms with Gasteiger partial charge in [0.25, 0.3) is 0 Å². The first-order valence-electron chi connectivity index (χ1n) is 12.0. The van der Waals surface area contributed by atoms with Crippen molar-refractivity contribution in [2.45, 2.75) is 24.9 Å². The molecular weight excluding hydrogens is 488 g/mol. The molecule has 2 aliphatic heterocycles. The quantitative estimate of drug-likeness (QED) is 0.373. The fourth-order valence-corrected chi connectivity index (χ4v) is 6.15. The predicted octanol–water partition coefficient (Wildman–Crippen LogP) is 3.80. The number of nitriles is 1. The van der Waals surface area contributed by atoms with Crippen LogP contribution in [0.3, 0.4) is 0 Å². The lowest BCUT2D eigenvalue weighted by Gasteiger charge is -2.38. The summed E-state index contributed by atoms with van der Waals surface area (Å²) in [6, 6.07) is 10.9. The Morgan fingerprint density at radius 1 is 1.11 bits per heavy atom. The molecule has 184 valence electrons. The predicted molar refractivity (Wildman–Crippen MR) is 139 cm³/mol. The van der Waals surface area contributed by atoms with Crippen molar-refractivity contribution in [2.75, 3.05) is 30.4 Å². The monoisotopic (exact) mass is 510 g/mol. The minimum absolute atomic E-state index is 0.510. The van der Waals surface area contributed by atoms with E-state index in [-0.39, 0.29) is 0 Å². The minimum atomic E-state index is 0.510. The smallest absolute Gasteiger partial charge is 0.208 e. The molecular formula is C25H22N10OS. The average molecular weight is 511 g/mol. The van der Waals surface area contributed by atoms with E-state index in [0.29, 0.717) is 17.6 Å². The minimum Gasteiger partial charge on any atom is -0.363 e. The van der Waals surface area contributed by atoms with Crippen LogP contribution < -0.4 is 10.2 Å². The number of aromatic nitrogens is 6. The lowest BCUT2D eigenvalue weighted by atomic mass is 10.2. The summed E-state index contributed by atoms with van der Waals surface area (Å²) in [4.78, 5) is 9.63. The summed E-state index contributed by atoms with van der Waals surface area (Å²) in [5.41, 5.74) is 5.23. The second-order valence-electron chi connectivity index (χ2n) is 9.41. The molecule has 0 aromatic carbocycles. The zero-order chi connectivity index (χ0) is 24.9. The van der Waals surface area contributed by atoms with Crippen molar-refractivity contribution in [2.24, 2.45) is 0 Å². The summed E-state index contributed by atoms with van der Waals surface area (Å²) >= 11 is 1.58. The number of hydrogen-bond donors (Lipinski definition) is 1. The van der Waals surface area contributed by atoms with Gasteiger partial charge in [-0.15, -0.1) is 10.2 Å². The zero-order valence-electron chi connectivity index (χ0n) is 19.9. The fourth-order valence-electron chi connectivity index (χ4n) is 5.27. The summed E-state index contributed by atoms with van der Waals surface area (Å²) in [5.74, 6) is 0. The first-order chi connectivity index (χ1) is 18.2. The molecule has 7 rings (SSSR count). The average Bonchev–Trinajstić information content (AvgIpc) is 3.71. The summed E-state index contributed by atoms with van der Waals surface area (Å²) in [7, 11) is 2.23. The van der Waals surface area contributed by atoms with E-state index in [4.69, 9.17) is 9.51 Å². The Morgan fingerprint density at radius 3 is 2.76 bits per heavy atom. The third-order valence-corrected chi connectivity index (χ3v) is 8.29. The lowest BCUT2D eigenvalue weighted by Crippen LogP contribution is -2.52. The lowest BCUT2D eigenvalue weighted by molar-refractivity contribution is 0.212. The van der Waals surface area contributed by atoms with Crippen LogP contribution in [-0.2, 0) is 0 Å². The van der Waals surface area contributed by atoms with Crippen LogP contribution in [0, 0.1) is 11.3 Å². The van der Waals surface area contributed by atoms with E-state index in [9.17, 15) is 5.26 Å². The highest BCUT2D eigenvalue weighted by Crippen LogP contribution is 2.38. The number of hydrogen-bond acceptors (Lipinski definition) is 11. The molecule has 2 saturated heterocycles. The SMILES string of the molecule is CN1C2CCC1CN(c1nnc(-c3cnc(-c4ccc5cc(C#N)cnn45)cc3Nc3cnoc3)s1)C2. The van der Waals surface area contributed by atoms with Crippen LogP contribution in [0.2, 0.25) is 0 Å². The molecule has 0 amide bonds. The highest BCUT2D eigenvalue weighted by Gasteiger charge is 2.38. The highest BCUT2D eigenvalue weighted by molar-refractivity contribution is 7.18. The molecule has 2 bridgehead atoms. The third kappa shape index (κ3) is 3.80. The Morgan fingerprint density at radius 2 is 1.97 bits per heavy atom. The van der Waals surface area contributed by atoms with Crippen LogP contribution in [0.15, 0.2) is 53.6 Å². The maximum atomic E-state index is 9.20. The summed E-state index contributed by atoms with van der Waals surface area (Å²) in [5, 5.41) is 31.7. The number of nitrogens with zero attached hydrogens (tertiary/aromatic N) is 9. The van der Waals surface area contributed by atoms with Crippen LogP contribution in [0.25, 0.3) is 27.5 Å². The first kappa shape index (κ1) is 21.9. The van der Waals surface area contributed by atoms with Crippen LogP contribution >= 0.6 is 11.3 Å². The molecule has 0 aliphatic carbocycles. The Balaban J connectivity index is 1.26. The van der Waals surface area contributed by atoms with Gasteiger partial charge in [-0.1, -0.05) is 16.5 Å². The van der Waals surface area contributed by atoms with Crippen LogP contribution in [0.4, 0.5) is 16.5 Å². The third-order valence-electron chi connectivity index (χ3n) is 7.27. The van der Waals surface area contributed by atoms with Crippen LogP contribution in [0.5, 0.6) is 0 Å². The van der Waals surface area contributed by atoms with Gasteiger partial charge < -0.3 is 14.7 Å². The van der Waals surface area contributed by atoms with E-state index in [1.807, 2.05) is 24.4 Å². The summed E-state index contributed by atoms with van der Waals surface area (Å²) < 4.78 is 6.80. The van der Waals surface area contributed by atoms with Gasteiger partial charge in [0.2, 0.25) is 5.13 Å². The van der Waals surface area contributed by atoms with Gasteiger partial charge in [-0.3, -0.25) is 9.88 Å². The molecule has 2 unspecified atom stereocenters. The Bertz CT molecular complexity index is 1620. The number of anilines is 3. The molecule has 12 heteroatoms. The summed E-state index contributed by atoms with van der Waals surface area (Å²) in [6.45, 7) is 1.96. The van der Waals surface area contributed by atoms with E-state index < -0.39 is 0 Å². The molecule has 2 aliphatic rings. The van der Waals surface area contributed by atoms with E-state index in [2.05, 4.69) is 48.7 Å². The molecule has 2 atom stereocenters. The second-order valence-corrected chi connectivity index (χ2v) is 10.4. The van der Waals surface area contributed by atoms with Crippen LogP contribution in [0.1, 0.15) is 18.4 Å². The van der Waals surface area contributed by atoms with Gasteiger partial charge in [-0.25, -0.2) is 4.52 Å². The zero-order valence-corrected chi connectivity index (χ0v) is 20.8. The highest BCUT2D eigenvalue weighted by atomic mass is 32.1. The number of rotatable bonds is 5. The molecule has 5 aromatic heterocycles. The van der Waals surface area contributed by atoms with E-state index in [1.165, 1.54) is 12.8 Å². The van der Waals surface area contributed by atoms with Gasteiger partial charge in [0.05, 0.1) is 51.8 Å². The molecule has 11 nitrogen and oxygen atoms in total. The number of fused-ring (bicyclic) bond motifs is 3. The second kappa shape index (κ2) is 8.65. The van der Waals surface area contributed by atoms with Crippen molar-refractivity contribution in [1.29, 1.82) is 5.26 Å². The maximum Gasteiger partial charge on any atom is 0.208 e. The normalized spacial score (nSPS) is 19.4. The molecule has 37 heavy (non-hydrogen) atoms. The number of nitrogens with one attached hydrogen (secondary N) is 1. The Kier molecular flexibility index (Phi) is 5.12. The molecule has 5 aromatic rings. The largest absolute Gasteiger partial charge is 0.363 e. The van der Waals surface area contributed by atoms with Gasteiger partial charge in [0.1, 0.15) is 12.3 Å².